The van der Waals surface area contributed by atoms with Gasteiger partial charge in [-0.2, -0.15) is 0 Å². The molecule has 0 unspecified atom stereocenters. The Bertz CT molecular complexity index is 1300. The number of hydrogen-bond donors (Lipinski definition) is 1. The second kappa shape index (κ2) is 8.96. The van der Waals surface area contributed by atoms with Crippen LogP contribution in [0, 0.1) is 5.82 Å². The van der Waals surface area contributed by atoms with Gasteiger partial charge in [-0.25, -0.2) is 4.39 Å². The number of ether oxygens (including phenoxy) is 1. The number of aromatic nitrogens is 1. The smallest absolute Gasteiger partial charge is 0.174 e. The lowest BCUT2D eigenvalue weighted by molar-refractivity contribution is 0.414. The van der Waals surface area contributed by atoms with Crippen molar-refractivity contribution in [1.29, 1.82) is 0 Å². The molecule has 0 saturated carbocycles. The van der Waals surface area contributed by atoms with E-state index >= 15 is 0 Å². The van der Waals surface area contributed by atoms with Crippen molar-refractivity contribution in [2.75, 3.05) is 12.0 Å². The number of halogens is 2. The van der Waals surface area contributed by atoms with Crippen LogP contribution < -0.4 is 15.0 Å². The van der Waals surface area contributed by atoms with E-state index in [1.807, 2.05) is 53.4 Å². The Kier molecular flexibility index (Phi) is 5.86. The number of nitrogens with zero attached hydrogens (tertiary/aromatic N) is 2. The van der Waals surface area contributed by atoms with Crippen LogP contribution in [0.25, 0.3) is 11.3 Å². The average Bonchev–Trinajstić information content (AvgIpc) is 3.44. The molecule has 0 spiro atoms. The summed E-state index contributed by atoms with van der Waals surface area (Å²) in [4.78, 5) is 6.53. The van der Waals surface area contributed by atoms with E-state index in [-0.39, 0.29) is 17.9 Å². The monoisotopic (exact) mass is 523 g/mol. The van der Waals surface area contributed by atoms with Gasteiger partial charge < -0.3 is 19.4 Å². The van der Waals surface area contributed by atoms with Crippen molar-refractivity contribution in [3.63, 3.8) is 0 Å². The van der Waals surface area contributed by atoms with Gasteiger partial charge in [-0.1, -0.05) is 22.0 Å². The zero-order valence-electron chi connectivity index (χ0n) is 17.5. The zero-order valence-corrected chi connectivity index (χ0v) is 19.9. The summed E-state index contributed by atoms with van der Waals surface area (Å²) in [6.45, 7) is 0. The molecule has 0 aliphatic carbocycles. The van der Waals surface area contributed by atoms with E-state index in [2.05, 4.69) is 26.2 Å². The van der Waals surface area contributed by atoms with Crippen LogP contribution in [0.3, 0.4) is 0 Å². The summed E-state index contributed by atoms with van der Waals surface area (Å²) in [6, 6.07) is 21.4. The lowest BCUT2D eigenvalue weighted by Crippen LogP contribution is -2.29. The van der Waals surface area contributed by atoms with Gasteiger partial charge in [0, 0.05) is 16.4 Å². The minimum atomic E-state index is -0.362. The van der Waals surface area contributed by atoms with E-state index < -0.39 is 0 Å². The highest BCUT2D eigenvalue weighted by atomic mass is 79.9. The SMILES string of the molecule is COc1ccc(N2C(=S)N[C@H](c3ccccn3)[C@@H]2c2ccc(-c3ccc(Br)cc3F)o2)cc1. The molecule has 3 heterocycles. The third kappa shape index (κ3) is 4.12. The number of nitrogens with one attached hydrogen (secondary N) is 1. The molecular weight excluding hydrogens is 505 g/mol. The fraction of sp³-hybridized carbons (Fsp3) is 0.120. The Labute approximate surface area is 204 Å². The normalized spacial score (nSPS) is 17.8. The first-order chi connectivity index (χ1) is 16.0. The fourth-order valence-corrected chi connectivity index (χ4v) is 4.69. The van der Waals surface area contributed by atoms with Gasteiger partial charge in [0.05, 0.1) is 24.4 Å². The Balaban J connectivity index is 1.59. The minimum Gasteiger partial charge on any atom is -0.497 e. The molecule has 2 aromatic heterocycles. The highest BCUT2D eigenvalue weighted by Crippen LogP contribution is 2.43. The summed E-state index contributed by atoms with van der Waals surface area (Å²) in [5.41, 5.74) is 2.10. The molecule has 0 amide bonds. The van der Waals surface area contributed by atoms with Gasteiger partial charge in [0.25, 0.3) is 0 Å². The number of rotatable bonds is 5. The summed E-state index contributed by atoms with van der Waals surface area (Å²) >= 11 is 9.02. The molecule has 1 fully saturated rings. The minimum absolute atomic E-state index is 0.255. The van der Waals surface area contributed by atoms with Gasteiger partial charge in [-0.3, -0.25) is 4.98 Å². The van der Waals surface area contributed by atoms with Crippen LogP contribution in [0.15, 0.2) is 87.9 Å². The fourth-order valence-electron chi connectivity index (χ4n) is 4.01. The summed E-state index contributed by atoms with van der Waals surface area (Å²) in [6.07, 6.45) is 1.75. The van der Waals surface area contributed by atoms with Crippen LogP contribution in [0.2, 0.25) is 0 Å². The third-order valence-corrected chi connectivity index (χ3v) is 6.37. The van der Waals surface area contributed by atoms with Crippen LogP contribution in [-0.2, 0) is 0 Å². The Morgan fingerprint density at radius 2 is 1.91 bits per heavy atom. The van der Waals surface area contributed by atoms with Crippen LogP contribution in [0.5, 0.6) is 5.75 Å². The molecule has 5 rings (SSSR count). The number of pyridine rings is 1. The van der Waals surface area contributed by atoms with E-state index in [1.54, 1.807) is 31.5 Å². The van der Waals surface area contributed by atoms with Crippen molar-refractivity contribution in [2.24, 2.45) is 0 Å². The van der Waals surface area contributed by atoms with Crippen LogP contribution in [0.1, 0.15) is 23.5 Å². The molecule has 2 atom stereocenters. The molecule has 1 saturated heterocycles. The van der Waals surface area contributed by atoms with Crippen molar-refractivity contribution in [3.8, 4) is 17.1 Å². The maximum atomic E-state index is 14.6. The molecule has 1 aliphatic rings. The maximum absolute atomic E-state index is 14.6. The number of furan rings is 1. The lowest BCUT2D eigenvalue weighted by atomic mass is 10.0. The van der Waals surface area contributed by atoms with Crippen LogP contribution >= 0.6 is 28.1 Å². The van der Waals surface area contributed by atoms with Crippen LogP contribution in [0.4, 0.5) is 10.1 Å². The third-order valence-electron chi connectivity index (χ3n) is 5.56. The first kappa shape index (κ1) is 21.6. The van der Waals surface area contributed by atoms with E-state index in [1.165, 1.54) is 6.07 Å². The Morgan fingerprint density at radius 3 is 2.61 bits per heavy atom. The first-order valence-corrected chi connectivity index (χ1v) is 11.4. The van der Waals surface area contributed by atoms with Gasteiger partial charge in [0.15, 0.2) is 5.11 Å². The molecule has 1 aliphatic heterocycles. The molecule has 166 valence electrons. The number of thiocarbonyl (C=S) groups is 1. The van der Waals surface area contributed by atoms with Gasteiger partial charge in [0.1, 0.15) is 29.1 Å². The van der Waals surface area contributed by atoms with E-state index in [0.717, 1.165) is 17.1 Å². The molecular formula is C25H19BrFN3O2S. The molecule has 4 aromatic rings. The molecule has 0 bridgehead atoms. The molecule has 0 radical (unpaired) electrons. The van der Waals surface area contributed by atoms with Gasteiger partial charge in [-0.05, 0) is 78.9 Å². The number of methoxy groups -OCH3 is 1. The predicted molar refractivity (Wildman–Crippen MR) is 133 cm³/mol. The number of anilines is 1. The molecule has 8 heteroatoms. The summed E-state index contributed by atoms with van der Waals surface area (Å²) < 4.78 is 26.8. The number of benzene rings is 2. The standard InChI is InChI=1S/C25H19BrFN3O2S/c1-31-17-8-6-16(7-9-17)30-24(23(29-25(30)33)20-4-2-3-13-28-20)22-12-11-21(32-22)18-10-5-15(26)14-19(18)27/h2-14,23-24H,1H3,(H,29,33)/t23-,24+/m1/s1. The van der Waals surface area contributed by atoms with Crippen molar-refractivity contribution < 1.29 is 13.5 Å². The van der Waals surface area contributed by atoms with E-state index in [4.69, 9.17) is 21.4 Å². The number of hydrogen-bond acceptors (Lipinski definition) is 4. The second-order valence-electron chi connectivity index (χ2n) is 7.52. The zero-order chi connectivity index (χ0) is 22.9. The van der Waals surface area contributed by atoms with Crippen molar-refractivity contribution in [2.45, 2.75) is 12.1 Å². The molecule has 33 heavy (non-hydrogen) atoms. The average molecular weight is 524 g/mol. The van der Waals surface area contributed by atoms with Gasteiger partial charge >= 0.3 is 0 Å². The quantitative estimate of drug-likeness (QED) is 0.304. The highest BCUT2D eigenvalue weighted by molar-refractivity contribution is 9.10. The largest absolute Gasteiger partial charge is 0.497 e. The first-order valence-electron chi connectivity index (χ1n) is 10.2. The van der Waals surface area contributed by atoms with Gasteiger partial charge in [-0.15, -0.1) is 0 Å². The van der Waals surface area contributed by atoms with Crippen molar-refractivity contribution >= 4 is 38.9 Å². The van der Waals surface area contributed by atoms with Crippen LogP contribution in [-0.4, -0.2) is 17.2 Å². The molecule has 5 nitrogen and oxygen atoms in total. The van der Waals surface area contributed by atoms with Crippen molar-refractivity contribution in [1.82, 2.24) is 10.3 Å². The summed E-state index contributed by atoms with van der Waals surface area (Å²) in [7, 11) is 1.63. The molecule has 2 aromatic carbocycles. The second-order valence-corrected chi connectivity index (χ2v) is 8.82. The van der Waals surface area contributed by atoms with Gasteiger partial charge in [0.2, 0.25) is 0 Å². The van der Waals surface area contributed by atoms with Crippen molar-refractivity contribution in [3.05, 3.63) is 101 Å². The molecule has 1 N–H and O–H groups in total. The predicted octanol–water partition coefficient (Wildman–Crippen LogP) is 6.43. The maximum Gasteiger partial charge on any atom is 0.174 e. The van der Waals surface area contributed by atoms with E-state index in [9.17, 15) is 4.39 Å². The lowest BCUT2D eigenvalue weighted by Gasteiger charge is -2.26. The Hall–Kier alpha value is -3.23. The van der Waals surface area contributed by atoms with E-state index in [0.29, 0.717) is 26.7 Å². The summed E-state index contributed by atoms with van der Waals surface area (Å²) in [5.74, 6) is 1.48. The Morgan fingerprint density at radius 1 is 1.09 bits per heavy atom. The summed E-state index contributed by atoms with van der Waals surface area (Å²) in [5, 5.41) is 3.94. The highest BCUT2D eigenvalue weighted by Gasteiger charge is 2.42. The topological polar surface area (TPSA) is 50.5 Å².